The molecule has 0 spiro atoms. The number of nitrogens with zero attached hydrogens (tertiary/aromatic N) is 1. The fourth-order valence-corrected chi connectivity index (χ4v) is 9.59. The van der Waals surface area contributed by atoms with Crippen LogP contribution in [0.4, 0.5) is 0 Å². The largest absolute Gasteiger partial charge is 0.545 e. The Kier molecular flexibility index (Phi) is 54.7. The molecule has 0 heterocycles. The molecule has 0 bridgehead atoms. The summed E-state index contributed by atoms with van der Waals surface area (Å²) in [5.41, 5.74) is 0. The van der Waals surface area contributed by atoms with Crippen LogP contribution >= 0.6 is 0 Å². The van der Waals surface area contributed by atoms with Crippen LogP contribution in [0, 0.1) is 0 Å². The number of carboxylic acid groups (broad SMARTS) is 1. The Balaban J connectivity index is 4.09. The van der Waals surface area contributed by atoms with Gasteiger partial charge in [-0.05, 0) is 38.5 Å². The van der Waals surface area contributed by atoms with Crippen molar-refractivity contribution in [1.29, 1.82) is 0 Å². The van der Waals surface area contributed by atoms with Crippen LogP contribution in [-0.2, 0) is 33.3 Å². The van der Waals surface area contributed by atoms with Crippen molar-refractivity contribution in [2.24, 2.45) is 0 Å². The molecule has 0 saturated carbocycles. The standard InChI is InChI=1S/C64H123NO8/c1-6-8-10-12-14-16-18-20-22-24-26-27-28-29-30-31-32-33-34-35-37-38-40-42-44-46-48-50-52-54-61(66)71-58-60(59-72-64(63(68)69)70-57-56-65(3,4)5)73-62(67)55-53-51-49-47-45-43-41-39-36-25-23-21-19-17-15-13-11-9-7-2/h21,23,60,64H,6-20,22,24-59H2,1-5H3/b23-21-. The summed E-state index contributed by atoms with van der Waals surface area (Å²) in [6, 6.07) is 0. The summed E-state index contributed by atoms with van der Waals surface area (Å²) in [6.45, 7) is 4.81. The first kappa shape index (κ1) is 71.0. The van der Waals surface area contributed by atoms with Crippen LogP contribution < -0.4 is 5.11 Å². The van der Waals surface area contributed by atoms with Gasteiger partial charge >= 0.3 is 11.9 Å². The van der Waals surface area contributed by atoms with Crippen molar-refractivity contribution in [3.8, 4) is 0 Å². The zero-order chi connectivity index (χ0) is 53.4. The van der Waals surface area contributed by atoms with E-state index in [2.05, 4.69) is 26.0 Å². The van der Waals surface area contributed by atoms with E-state index < -0.39 is 24.3 Å². The van der Waals surface area contributed by atoms with Crippen molar-refractivity contribution < 1.29 is 42.9 Å². The summed E-state index contributed by atoms with van der Waals surface area (Å²) in [5, 5.41) is 11.8. The number of unbranched alkanes of at least 4 members (excludes halogenated alkanes) is 43. The zero-order valence-corrected chi connectivity index (χ0v) is 49.3. The minimum absolute atomic E-state index is 0.151. The Bertz CT molecular complexity index is 1200. The minimum Gasteiger partial charge on any atom is -0.545 e. The van der Waals surface area contributed by atoms with Crippen molar-refractivity contribution >= 4 is 17.9 Å². The topological polar surface area (TPSA) is 111 Å². The predicted molar refractivity (Wildman–Crippen MR) is 307 cm³/mol. The Morgan fingerprint density at radius 2 is 0.699 bits per heavy atom. The van der Waals surface area contributed by atoms with Crippen molar-refractivity contribution in [2.45, 2.75) is 334 Å². The lowest BCUT2D eigenvalue weighted by Crippen LogP contribution is -2.44. The summed E-state index contributed by atoms with van der Waals surface area (Å²) in [6.07, 6.45) is 62.8. The summed E-state index contributed by atoms with van der Waals surface area (Å²) in [7, 11) is 5.94. The smallest absolute Gasteiger partial charge is 0.306 e. The third-order valence-electron chi connectivity index (χ3n) is 14.5. The molecule has 9 heteroatoms. The highest BCUT2D eigenvalue weighted by Crippen LogP contribution is 2.18. The number of esters is 2. The van der Waals surface area contributed by atoms with E-state index in [1.807, 2.05) is 21.1 Å². The molecule has 432 valence electrons. The first-order valence-corrected chi connectivity index (χ1v) is 31.8. The number of quaternary nitrogens is 1. The molecule has 0 fully saturated rings. The van der Waals surface area contributed by atoms with Gasteiger partial charge < -0.3 is 33.3 Å². The number of carboxylic acids is 1. The van der Waals surface area contributed by atoms with Crippen LogP contribution in [0.2, 0.25) is 0 Å². The van der Waals surface area contributed by atoms with Gasteiger partial charge in [-0.15, -0.1) is 0 Å². The van der Waals surface area contributed by atoms with E-state index in [1.54, 1.807) is 0 Å². The van der Waals surface area contributed by atoms with Gasteiger partial charge in [0.05, 0.1) is 40.3 Å². The third kappa shape index (κ3) is 57.6. The van der Waals surface area contributed by atoms with Gasteiger partial charge in [-0.25, -0.2) is 0 Å². The molecule has 0 aliphatic heterocycles. The van der Waals surface area contributed by atoms with E-state index in [1.165, 1.54) is 250 Å². The second-order valence-corrected chi connectivity index (χ2v) is 23.1. The van der Waals surface area contributed by atoms with E-state index in [9.17, 15) is 19.5 Å². The molecular formula is C64H123NO8. The third-order valence-corrected chi connectivity index (χ3v) is 14.5. The Morgan fingerprint density at radius 1 is 0.397 bits per heavy atom. The second kappa shape index (κ2) is 56.2. The van der Waals surface area contributed by atoms with Crippen LogP contribution in [-0.4, -0.2) is 82.3 Å². The number of carbonyl (C=O) groups excluding carboxylic acids is 3. The van der Waals surface area contributed by atoms with Crippen LogP contribution in [0.15, 0.2) is 12.2 Å². The van der Waals surface area contributed by atoms with Gasteiger partial charge in [-0.1, -0.05) is 283 Å². The molecule has 0 radical (unpaired) electrons. The lowest BCUT2D eigenvalue weighted by Gasteiger charge is -2.26. The number of rotatable bonds is 60. The molecule has 0 saturated heterocycles. The zero-order valence-electron chi connectivity index (χ0n) is 49.3. The highest BCUT2D eigenvalue weighted by molar-refractivity contribution is 5.70. The van der Waals surface area contributed by atoms with Gasteiger partial charge in [0.1, 0.15) is 13.2 Å². The van der Waals surface area contributed by atoms with Crippen LogP contribution in [0.5, 0.6) is 0 Å². The number of hydrogen-bond donors (Lipinski definition) is 0. The first-order valence-electron chi connectivity index (χ1n) is 31.8. The molecule has 0 N–H and O–H groups in total. The average Bonchev–Trinajstić information content (AvgIpc) is 3.36. The fourth-order valence-electron chi connectivity index (χ4n) is 9.59. The SMILES string of the molecule is CCCCCCCC/C=C\CCCCCCCCCCCC(=O)OC(COC(=O)CCCCCCCCCCCCCCCCCCCCCCCCCCCCCCC)COC(OCC[N+](C)(C)C)C(=O)[O-]. The summed E-state index contributed by atoms with van der Waals surface area (Å²) in [4.78, 5) is 37.3. The van der Waals surface area contributed by atoms with Gasteiger partial charge in [-0.2, -0.15) is 0 Å². The van der Waals surface area contributed by atoms with Crippen molar-refractivity contribution in [3.05, 3.63) is 12.2 Å². The maximum absolute atomic E-state index is 12.9. The monoisotopic (exact) mass is 1030 g/mol. The minimum atomic E-state index is -1.62. The molecule has 2 unspecified atom stereocenters. The Morgan fingerprint density at radius 3 is 1.01 bits per heavy atom. The van der Waals surface area contributed by atoms with Gasteiger partial charge in [-0.3, -0.25) is 9.59 Å². The van der Waals surface area contributed by atoms with E-state index in [-0.39, 0.29) is 32.2 Å². The summed E-state index contributed by atoms with van der Waals surface area (Å²) < 4.78 is 22.8. The number of likely N-dealkylation sites (N-methyl/N-ethyl adjacent to an activating group) is 1. The molecule has 9 nitrogen and oxygen atoms in total. The van der Waals surface area contributed by atoms with E-state index >= 15 is 0 Å². The molecule has 2 atom stereocenters. The first-order chi connectivity index (χ1) is 35.6. The van der Waals surface area contributed by atoms with Crippen molar-refractivity contribution in [3.63, 3.8) is 0 Å². The van der Waals surface area contributed by atoms with E-state index in [0.29, 0.717) is 23.9 Å². The quantitative estimate of drug-likeness (QED) is 0.0195. The Labute approximate surface area is 453 Å². The molecule has 0 aliphatic carbocycles. The van der Waals surface area contributed by atoms with Gasteiger partial charge in [0, 0.05) is 12.8 Å². The summed E-state index contributed by atoms with van der Waals surface area (Å²) >= 11 is 0. The number of hydrogen-bond acceptors (Lipinski definition) is 8. The number of ether oxygens (including phenoxy) is 4. The lowest BCUT2D eigenvalue weighted by atomic mass is 10.0. The predicted octanol–water partition coefficient (Wildman–Crippen LogP) is 17.6. The summed E-state index contributed by atoms with van der Waals surface area (Å²) in [5.74, 6) is -2.26. The van der Waals surface area contributed by atoms with Gasteiger partial charge in [0.25, 0.3) is 0 Å². The molecule has 0 aromatic heterocycles. The van der Waals surface area contributed by atoms with Crippen molar-refractivity contribution in [1.82, 2.24) is 0 Å². The molecule has 0 rings (SSSR count). The maximum Gasteiger partial charge on any atom is 0.306 e. The van der Waals surface area contributed by atoms with Crippen molar-refractivity contribution in [2.75, 3.05) is 47.5 Å². The molecule has 0 aliphatic rings. The number of aliphatic carboxylic acids is 1. The highest BCUT2D eigenvalue weighted by atomic mass is 16.7. The normalized spacial score (nSPS) is 12.7. The maximum atomic E-state index is 12.9. The van der Waals surface area contributed by atoms with Crippen LogP contribution in [0.1, 0.15) is 322 Å². The van der Waals surface area contributed by atoms with Crippen LogP contribution in [0.3, 0.4) is 0 Å². The highest BCUT2D eigenvalue weighted by Gasteiger charge is 2.22. The van der Waals surface area contributed by atoms with Gasteiger partial charge in [0.15, 0.2) is 12.4 Å². The average molecular weight is 1030 g/mol. The van der Waals surface area contributed by atoms with Crippen LogP contribution in [0.25, 0.3) is 0 Å². The fraction of sp³-hybridized carbons (Fsp3) is 0.922. The molecule has 0 amide bonds. The van der Waals surface area contributed by atoms with Gasteiger partial charge in [0.2, 0.25) is 0 Å². The molecule has 73 heavy (non-hydrogen) atoms. The lowest BCUT2D eigenvalue weighted by molar-refractivity contribution is -0.870. The molecular weight excluding hydrogens is 911 g/mol. The van der Waals surface area contributed by atoms with E-state index in [4.69, 9.17) is 18.9 Å². The number of allylic oxidation sites excluding steroid dienone is 2. The molecule has 0 aromatic carbocycles. The second-order valence-electron chi connectivity index (χ2n) is 23.1. The Hall–Kier alpha value is -1.97. The molecule has 0 aromatic rings. The number of carbonyl (C=O) groups is 3. The van der Waals surface area contributed by atoms with E-state index in [0.717, 1.165) is 38.5 Å².